The van der Waals surface area contributed by atoms with Crippen molar-refractivity contribution in [3.63, 3.8) is 0 Å². The maximum Gasteiger partial charge on any atom is 0.420 e. The van der Waals surface area contributed by atoms with E-state index in [0.717, 1.165) is 6.07 Å². The molecular formula is C18H13F4N5O2. The van der Waals surface area contributed by atoms with Gasteiger partial charge in [-0.15, -0.1) is 10.2 Å². The number of halogens is 4. The molecular weight excluding hydrogens is 394 g/mol. The van der Waals surface area contributed by atoms with E-state index in [4.69, 9.17) is 9.15 Å². The van der Waals surface area contributed by atoms with Gasteiger partial charge in [-0.05, 0) is 47.2 Å². The largest absolute Gasteiger partial charge is 0.496 e. The molecule has 0 bridgehead atoms. The van der Waals surface area contributed by atoms with Crippen LogP contribution in [-0.2, 0) is 12.7 Å². The molecule has 11 heteroatoms. The zero-order valence-corrected chi connectivity index (χ0v) is 14.8. The number of benzene rings is 2. The minimum Gasteiger partial charge on any atom is -0.496 e. The number of ether oxygens (including phenoxy) is 1. The number of alkyl halides is 3. The van der Waals surface area contributed by atoms with Crippen molar-refractivity contribution in [2.24, 2.45) is 0 Å². The van der Waals surface area contributed by atoms with Gasteiger partial charge in [0.1, 0.15) is 5.75 Å². The van der Waals surface area contributed by atoms with Crippen molar-refractivity contribution < 1.29 is 26.7 Å². The second-order valence-corrected chi connectivity index (χ2v) is 6.11. The van der Waals surface area contributed by atoms with E-state index < -0.39 is 17.6 Å². The third-order valence-corrected chi connectivity index (χ3v) is 4.20. The number of tetrazole rings is 1. The van der Waals surface area contributed by atoms with E-state index in [2.05, 4.69) is 25.9 Å². The average molecular weight is 407 g/mol. The lowest BCUT2D eigenvalue weighted by Gasteiger charge is -2.14. The van der Waals surface area contributed by atoms with Crippen molar-refractivity contribution in [1.82, 2.24) is 20.6 Å². The second kappa shape index (κ2) is 7.08. The lowest BCUT2D eigenvalue weighted by atomic mass is 10.1. The summed E-state index contributed by atoms with van der Waals surface area (Å²) in [6.07, 6.45) is -4.56. The summed E-state index contributed by atoms with van der Waals surface area (Å²) in [6.45, 7) is 0.0964. The monoisotopic (exact) mass is 407 g/mol. The van der Waals surface area contributed by atoms with Crippen LogP contribution in [0.4, 0.5) is 23.2 Å². The van der Waals surface area contributed by atoms with Crippen LogP contribution in [0, 0.1) is 5.82 Å². The maximum absolute atomic E-state index is 14.4. The molecule has 2 aromatic carbocycles. The molecule has 7 nitrogen and oxygen atoms in total. The Kier molecular flexibility index (Phi) is 4.57. The summed E-state index contributed by atoms with van der Waals surface area (Å²) >= 11 is 0. The van der Waals surface area contributed by atoms with E-state index in [9.17, 15) is 17.6 Å². The van der Waals surface area contributed by atoms with E-state index in [1.807, 2.05) is 0 Å². The number of methoxy groups -OCH3 is 1. The lowest BCUT2D eigenvalue weighted by molar-refractivity contribution is -0.138. The molecule has 4 rings (SSSR count). The molecule has 0 aliphatic heterocycles. The first-order valence-electron chi connectivity index (χ1n) is 8.30. The minimum atomic E-state index is -4.56. The third-order valence-electron chi connectivity index (χ3n) is 4.20. The van der Waals surface area contributed by atoms with Crippen LogP contribution in [0.1, 0.15) is 11.1 Å². The molecule has 0 unspecified atom stereocenters. The van der Waals surface area contributed by atoms with Crippen LogP contribution in [0.15, 0.2) is 40.8 Å². The highest BCUT2D eigenvalue weighted by Gasteiger charge is 2.34. The van der Waals surface area contributed by atoms with Crippen molar-refractivity contribution in [3.8, 4) is 17.3 Å². The van der Waals surface area contributed by atoms with Gasteiger partial charge in [0.2, 0.25) is 5.82 Å². The van der Waals surface area contributed by atoms with Crippen molar-refractivity contribution >= 4 is 16.7 Å². The van der Waals surface area contributed by atoms with Gasteiger partial charge in [-0.1, -0.05) is 0 Å². The van der Waals surface area contributed by atoms with Crippen molar-refractivity contribution in [3.05, 3.63) is 53.3 Å². The van der Waals surface area contributed by atoms with Gasteiger partial charge in [-0.3, -0.25) is 0 Å². The Hall–Kier alpha value is -3.63. The number of rotatable bonds is 5. The first-order valence-corrected chi connectivity index (χ1v) is 8.30. The smallest absolute Gasteiger partial charge is 0.420 e. The molecule has 2 N–H and O–H groups in total. The number of nitrogens with one attached hydrogen (secondary N) is 2. The van der Waals surface area contributed by atoms with Crippen molar-refractivity contribution in [2.45, 2.75) is 12.7 Å². The Morgan fingerprint density at radius 2 is 2.00 bits per heavy atom. The van der Waals surface area contributed by atoms with Gasteiger partial charge in [0.25, 0.3) is 0 Å². The summed E-state index contributed by atoms with van der Waals surface area (Å²) in [5, 5.41) is 16.6. The van der Waals surface area contributed by atoms with Crippen LogP contribution in [0.3, 0.4) is 0 Å². The number of hydrogen-bond acceptors (Lipinski definition) is 6. The van der Waals surface area contributed by atoms with E-state index in [-0.39, 0.29) is 35.1 Å². The Bertz CT molecular complexity index is 1160. The molecule has 4 aromatic rings. The van der Waals surface area contributed by atoms with E-state index in [1.165, 1.54) is 25.3 Å². The fourth-order valence-corrected chi connectivity index (χ4v) is 2.89. The van der Waals surface area contributed by atoms with Crippen molar-refractivity contribution in [1.29, 1.82) is 0 Å². The van der Waals surface area contributed by atoms with Crippen LogP contribution in [0.25, 0.3) is 22.6 Å². The highest BCUT2D eigenvalue weighted by molar-refractivity contribution is 5.83. The summed E-state index contributed by atoms with van der Waals surface area (Å²) < 4.78 is 64.0. The van der Waals surface area contributed by atoms with Gasteiger partial charge in [-0.2, -0.15) is 18.4 Å². The molecule has 0 fully saturated rings. The van der Waals surface area contributed by atoms with Crippen LogP contribution in [-0.4, -0.2) is 27.7 Å². The summed E-state index contributed by atoms with van der Waals surface area (Å²) in [4.78, 5) is 0. The molecule has 29 heavy (non-hydrogen) atoms. The SMILES string of the molecule is COc1ccc(NCc2cc(F)c3oc(-c4nn[nH]n4)cc3c2)cc1C(F)(F)F. The Morgan fingerprint density at radius 1 is 1.17 bits per heavy atom. The predicted molar refractivity (Wildman–Crippen MR) is 94.7 cm³/mol. The third kappa shape index (κ3) is 3.71. The normalized spacial score (nSPS) is 11.8. The van der Waals surface area contributed by atoms with E-state index in [0.29, 0.717) is 10.9 Å². The molecule has 0 radical (unpaired) electrons. The van der Waals surface area contributed by atoms with Gasteiger partial charge in [0.15, 0.2) is 17.2 Å². The fraction of sp³-hybridized carbons (Fsp3) is 0.167. The summed E-state index contributed by atoms with van der Waals surface area (Å²) in [7, 11) is 1.17. The first kappa shape index (κ1) is 18.7. The highest BCUT2D eigenvalue weighted by Crippen LogP contribution is 2.38. The van der Waals surface area contributed by atoms with Crippen LogP contribution in [0.5, 0.6) is 5.75 Å². The van der Waals surface area contributed by atoms with Crippen LogP contribution >= 0.6 is 0 Å². The maximum atomic E-state index is 14.4. The molecule has 0 amide bonds. The Balaban J connectivity index is 1.59. The molecule has 0 aliphatic carbocycles. The number of hydrogen-bond donors (Lipinski definition) is 2. The van der Waals surface area contributed by atoms with Gasteiger partial charge in [0.05, 0.1) is 12.7 Å². The van der Waals surface area contributed by atoms with E-state index in [1.54, 1.807) is 12.1 Å². The number of nitrogens with zero attached hydrogens (tertiary/aromatic N) is 3. The molecule has 2 heterocycles. The highest BCUT2D eigenvalue weighted by atomic mass is 19.4. The Labute approximate surface area is 160 Å². The molecule has 0 aliphatic rings. The van der Waals surface area contributed by atoms with Gasteiger partial charge < -0.3 is 14.5 Å². The number of aromatic amines is 1. The average Bonchev–Trinajstić information content (AvgIpc) is 3.35. The zero-order chi connectivity index (χ0) is 20.6. The molecule has 150 valence electrons. The van der Waals surface area contributed by atoms with Crippen LogP contribution < -0.4 is 10.1 Å². The second-order valence-electron chi connectivity index (χ2n) is 6.11. The number of anilines is 1. The molecule has 0 saturated carbocycles. The van der Waals surface area contributed by atoms with Gasteiger partial charge in [-0.25, -0.2) is 4.39 Å². The molecule has 2 aromatic heterocycles. The first-order chi connectivity index (χ1) is 13.8. The molecule has 0 spiro atoms. The van der Waals surface area contributed by atoms with E-state index >= 15 is 0 Å². The number of H-pyrrole nitrogens is 1. The van der Waals surface area contributed by atoms with Crippen LogP contribution in [0.2, 0.25) is 0 Å². The topological polar surface area (TPSA) is 88.9 Å². The lowest BCUT2D eigenvalue weighted by Crippen LogP contribution is -2.09. The number of aromatic nitrogens is 4. The summed E-state index contributed by atoms with van der Waals surface area (Å²) in [6, 6.07) is 8.08. The summed E-state index contributed by atoms with van der Waals surface area (Å²) in [5.41, 5.74) is -0.137. The minimum absolute atomic E-state index is 0.0253. The Morgan fingerprint density at radius 3 is 2.69 bits per heavy atom. The standard InChI is InChI=1S/C18H13F4N5O2/c1-28-14-3-2-11(7-12(14)18(20,21)22)23-8-9-4-10-6-15(17-24-26-27-25-17)29-16(10)13(19)5-9/h2-7,23H,8H2,1H3,(H,24,25,26,27). The molecule has 0 atom stereocenters. The van der Waals surface area contributed by atoms with Crippen molar-refractivity contribution in [2.75, 3.05) is 12.4 Å². The quantitative estimate of drug-likeness (QED) is 0.477. The predicted octanol–water partition coefficient (Wildman–Crippen LogP) is 4.39. The van der Waals surface area contributed by atoms with Gasteiger partial charge in [0, 0.05) is 17.6 Å². The summed E-state index contributed by atoms with van der Waals surface area (Å²) in [5.74, 6) is -0.469. The zero-order valence-electron chi connectivity index (χ0n) is 14.8. The molecule has 0 saturated heterocycles. The fourth-order valence-electron chi connectivity index (χ4n) is 2.89. The van der Waals surface area contributed by atoms with Gasteiger partial charge >= 0.3 is 6.18 Å². The number of fused-ring (bicyclic) bond motifs is 1. The number of furan rings is 1.